The fraction of sp³-hybridized carbons (Fsp3) is 0.600. The Labute approximate surface area is 121 Å². The van der Waals surface area contributed by atoms with E-state index in [1.807, 2.05) is 18.2 Å². The Kier molecular flexibility index (Phi) is 6.88. The van der Waals surface area contributed by atoms with Crippen LogP contribution in [0.4, 0.5) is 5.69 Å². The van der Waals surface area contributed by atoms with Gasteiger partial charge in [-0.1, -0.05) is 50.0 Å². The number of halogens is 2. The first kappa shape index (κ1) is 15.7. The van der Waals surface area contributed by atoms with E-state index in [9.17, 15) is 0 Å². The number of nitrogens with zero attached hydrogens (tertiary/aromatic N) is 1. The largest absolute Gasteiger partial charge is 0.369 e. The summed E-state index contributed by atoms with van der Waals surface area (Å²) in [4.78, 5) is 2.31. The molecule has 1 aromatic rings. The summed E-state index contributed by atoms with van der Waals surface area (Å²) in [6.45, 7) is 8.72. The molecule has 0 aliphatic heterocycles. The molecule has 0 unspecified atom stereocenters. The van der Waals surface area contributed by atoms with E-state index in [0.717, 1.165) is 41.2 Å². The Morgan fingerprint density at radius 2 is 1.72 bits per heavy atom. The second-order valence-electron chi connectivity index (χ2n) is 5.09. The van der Waals surface area contributed by atoms with Crippen molar-refractivity contribution < 1.29 is 0 Å². The quantitative estimate of drug-likeness (QED) is 0.627. The van der Waals surface area contributed by atoms with E-state index >= 15 is 0 Å². The number of hydrogen-bond donors (Lipinski definition) is 0. The highest BCUT2D eigenvalue weighted by molar-refractivity contribution is 6.39. The number of para-hydroxylation sites is 1. The predicted molar refractivity (Wildman–Crippen MR) is 83.0 cm³/mol. The number of hydrogen-bond acceptors (Lipinski definition) is 1. The van der Waals surface area contributed by atoms with Gasteiger partial charge in [-0.2, -0.15) is 0 Å². The highest BCUT2D eigenvalue weighted by Crippen LogP contribution is 2.33. The highest BCUT2D eigenvalue weighted by atomic mass is 35.5. The highest BCUT2D eigenvalue weighted by Gasteiger charge is 2.13. The van der Waals surface area contributed by atoms with Crippen molar-refractivity contribution in [2.24, 2.45) is 5.92 Å². The van der Waals surface area contributed by atoms with Crippen LogP contribution in [0.3, 0.4) is 0 Å². The number of benzene rings is 1. The molecule has 1 rings (SSSR count). The molecule has 0 radical (unpaired) electrons. The second kappa shape index (κ2) is 7.91. The van der Waals surface area contributed by atoms with Gasteiger partial charge in [0, 0.05) is 13.1 Å². The zero-order valence-corrected chi connectivity index (χ0v) is 13.1. The molecule has 0 spiro atoms. The van der Waals surface area contributed by atoms with Gasteiger partial charge in [-0.15, -0.1) is 0 Å². The van der Waals surface area contributed by atoms with Crippen molar-refractivity contribution in [2.75, 3.05) is 18.0 Å². The minimum atomic E-state index is 0.746. The van der Waals surface area contributed by atoms with E-state index in [0.29, 0.717) is 0 Å². The summed E-state index contributed by atoms with van der Waals surface area (Å²) in [5.41, 5.74) is 0.992. The lowest BCUT2D eigenvalue weighted by molar-refractivity contribution is 0.548. The van der Waals surface area contributed by atoms with Gasteiger partial charge in [0.05, 0.1) is 15.7 Å². The standard InChI is InChI=1S/C15H23Cl2N/c1-4-10-18(11-6-7-12(2)3)15-13(16)8-5-9-14(15)17/h5,8-9,12H,4,6-7,10-11H2,1-3H3. The summed E-state index contributed by atoms with van der Waals surface area (Å²) in [5.74, 6) is 0.746. The molecule has 3 heteroatoms. The Hall–Kier alpha value is -0.400. The molecule has 0 bridgehead atoms. The summed E-state index contributed by atoms with van der Waals surface area (Å²) in [5, 5.41) is 1.50. The normalized spacial score (nSPS) is 11.0. The average Bonchev–Trinajstić information content (AvgIpc) is 2.28. The molecule has 102 valence electrons. The number of rotatable bonds is 7. The molecule has 1 nitrogen and oxygen atoms in total. The summed E-state index contributed by atoms with van der Waals surface area (Å²) in [7, 11) is 0. The Morgan fingerprint density at radius 1 is 1.11 bits per heavy atom. The van der Waals surface area contributed by atoms with Crippen LogP contribution in [0.15, 0.2) is 18.2 Å². The van der Waals surface area contributed by atoms with Crippen LogP contribution in [-0.4, -0.2) is 13.1 Å². The van der Waals surface area contributed by atoms with Crippen LogP contribution in [0.2, 0.25) is 10.0 Å². The molecule has 0 atom stereocenters. The van der Waals surface area contributed by atoms with E-state index in [-0.39, 0.29) is 0 Å². The minimum Gasteiger partial charge on any atom is -0.369 e. The molecule has 0 heterocycles. The van der Waals surface area contributed by atoms with E-state index in [2.05, 4.69) is 25.7 Å². The third kappa shape index (κ3) is 4.70. The summed E-state index contributed by atoms with van der Waals surface area (Å²) >= 11 is 12.6. The molecule has 0 aliphatic carbocycles. The average molecular weight is 288 g/mol. The van der Waals surface area contributed by atoms with Gasteiger partial charge in [0.15, 0.2) is 0 Å². The fourth-order valence-electron chi connectivity index (χ4n) is 2.09. The van der Waals surface area contributed by atoms with Crippen molar-refractivity contribution in [1.29, 1.82) is 0 Å². The van der Waals surface area contributed by atoms with Crippen molar-refractivity contribution in [3.05, 3.63) is 28.2 Å². The summed E-state index contributed by atoms with van der Waals surface area (Å²) < 4.78 is 0. The molecule has 0 fully saturated rings. The van der Waals surface area contributed by atoms with Crippen LogP contribution in [0.1, 0.15) is 40.0 Å². The van der Waals surface area contributed by atoms with E-state index in [1.54, 1.807) is 0 Å². The van der Waals surface area contributed by atoms with Crippen molar-refractivity contribution in [1.82, 2.24) is 0 Å². The third-order valence-corrected chi connectivity index (χ3v) is 3.57. The lowest BCUT2D eigenvalue weighted by Gasteiger charge is -2.26. The van der Waals surface area contributed by atoms with Crippen LogP contribution in [0.25, 0.3) is 0 Å². The molecule has 0 aliphatic rings. The van der Waals surface area contributed by atoms with E-state index in [1.165, 1.54) is 12.8 Å². The minimum absolute atomic E-state index is 0.746. The Bertz CT molecular complexity index is 343. The summed E-state index contributed by atoms with van der Waals surface area (Å²) in [6, 6.07) is 5.72. The first-order chi connectivity index (χ1) is 8.56. The van der Waals surface area contributed by atoms with Gasteiger partial charge in [-0.05, 0) is 37.3 Å². The molecule has 0 N–H and O–H groups in total. The first-order valence-corrected chi connectivity index (χ1v) is 7.50. The molecule has 0 saturated heterocycles. The zero-order valence-electron chi connectivity index (χ0n) is 11.5. The van der Waals surface area contributed by atoms with Crippen molar-refractivity contribution >= 4 is 28.9 Å². The molecular weight excluding hydrogens is 265 g/mol. The van der Waals surface area contributed by atoms with Gasteiger partial charge >= 0.3 is 0 Å². The Morgan fingerprint density at radius 3 is 2.22 bits per heavy atom. The van der Waals surface area contributed by atoms with Gasteiger partial charge in [0.25, 0.3) is 0 Å². The van der Waals surface area contributed by atoms with Gasteiger partial charge in [-0.25, -0.2) is 0 Å². The topological polar surface area (TPSA) is 3.24 Å². The van der Waals surface area contributed by atoms with Crippen molar-refractivity contribution in [3.8, 4) is 0 Å². The van der Waals surface area contributed by atoms with Gasteiger partial charge in [-0.3, -0.25) is 0 Å². The van der Waals surface area contributed by atoms with E-state index in [4.69, 9.17) is 23.2 Å². The maximum atomic E-state index is 6.28. The predicted octanol–water partition coefficient (Wildman–Crippen LogP) is 5.65. The lowest BCUT2D eigenvalue weighted by Crippen LogP contribution is -2.26. The number of anilines is 1. The van der Waals surface area contributed by atoms with Gasteiger partial charge in [0.2, 0.25) is 0 Å². The van der Waals surface area contributed by atoms with Crippen LogP contribution < -0.4 is 4.90 Å². The van der Waals surface area contributed by atoms with Crippen LogP contribution >= 0.6 is 23.2 Å². The lowest BCUT2D eigenvalue weighted by atomic mass is 10.1. The van der Waals surface area contributed by atoms with Crippen LogP contribution in [0, 0.1) is 5.92 Å². The van der Waals surface area contributed by atoms with Crippen LogP contribution in [0.5, 0.6) is 0 Å². The Balaban J connectivity index is 2.77. The van der Waals surface area contributed by atoms with Crippen molar-refractivity contribution in [2.45, 2.75) is 40.0 Å². The van der Waals surface area contributed by atoms with Crippen LogP contribution in [-0.2, 0) is 0 Å². The second-order valence-corrected chi connectivity index (χ2v) is 5.91. The maximum absolute atomic E-state index is 6.28. The molecule has 0 amide bonds. The van der Waals surface area contributed by atoms with E-state index < -0.39 is 0 Å². The smallest absolute Gasteiger partial charge is 0.0744 e. The van der Waals surface area contributed by atoms with Crippen molar-refractivity contribution in [3.63, 3.8) is 0 Å². The monoisotopic (exact) mass is 287 g/mol. The SMILES string of the molecule is CCCN(CCCC(C)C)c1c(Cl)cccc1Cl. The molecule has 0 saturated carbocycles. The zero-order chi connectivity index (χ0) is 13.5. The molecule has 18 heavy (non-hydrogen) atoms. The summed E-state index contributed by atoms with van der Waals surface area (Å²) in [6.07, 6.45) is 3.52. The molecular formula is C15H23Cl2N. The third-order valence-electron chi connectivity index (χ3n) is 2.96. The fourth-order valence-corrected chi connectivity index (χ4v) is 2.72. The van der Waals surface area contributed by atoms with Gasteiger partial charge < -0.3 is 4.90 Å². The maximum Gasteiger partial charge on any atom is 0.0744 e. The first-order valence-electron chi connectivity index (χ1n) is 6.75. The molecule has 1 aromatic carbocycles. The molecule has 0 aromatic heterocycles. The van der Waals surface area contributed by atoms with Gasteiger partial charge in [0.1, 0.15) is 0 Å².